The fraction of sp³-hybridized carbons (Fsp3) is 0. The molecule has 0 atom stereocenters. The van der Waals surface area contributed by atoms with Crippen LogP contribution >= 0.6 is 12.2 Å². The summed E-state index contributed by atoms with van der Waals surface area (Å²) in [6.45, 7) is 0. The van der Waals surface area contributed by atoms with Crippen LogP contribution in [-0.4, -0.2) is 15.7 Å². The highest BCUT2D eigenvalue weighted by Gasteiger charge is 1.85. The lowest BCUT2D eigenvalue weighted by Gasteiger charge is -1.62. The molecular formula is C3H2N2OS. The maximum absolute atomic E-state index is 4.48. The van der Waals surface area contributed by atoms with Crippen LogP contribution in [0, 0.1) is 0 Å². The van der Waals surface area contributed by atoms with Crippen molar-refractivity contribution in [3.05, 3.63) is 12.0 Å². The van der Waals surface area contributed by atoms with E-state index in [1.54, 1.807) is 0 Å². The molecule has 0 bridgehead atoms. The van der Waals surface area contributed by atoms with E-state index >= 15 is 0 Å². The quantitative estimate of drug-likeness (QED) is 0.496. The third-order valence-corrected chi connectivity index (χ3v) is 0.739. The van der Waals surface area contributed by atoms with Gasteiger partial charge in [0.15, 0.2) is 6.26 Å². The van der Waals surface area contributed by atoms with E-state index in [4.69, 9.17) is 0 Å². The van der Waals surface area contributed by atoms with E-state index in [1.807, 2.05) is 0 Å². The Morgan fingerprint density at radius 2 is 2.71 bits per heavy atom. The molecule has 0 saturated heterocycles. The highest BCUT2D eigenvalue weighted by atomic mass is 32.1. The fourth-order valence-corrected chi connectivity index (χ4v) is 0.326. The highest BCUT2D eigenvalue weighted by molar-refractivity contribution is 7.79. The molecule has 4 heteroatoms. The Morgan fingerprint density at radius 3 is 3.00 bits per heavy atom. The summed E-state index contributed by atoms with van der Waals surface area (Å²) in [6, 6.07) is 0. The Labute approximate surface area is 45.3 Å². The lowest BCUT2D eigenvalue weighted by atomic mass is 10.6. The number of hydrogen-bond donors (Lipinski definition) is 0. The molecule has 0 aliphatic carbocycles. The molecule has 1 heterocycles. The van der Waals surface area contributed by atoms with Gasteiger partial charge in [0.2, 0.25) is 0 Å². The summed E-state index contributed by atoms with van der Waals surface area (Å²) in [4.78, 5) is 0. The van der Waals surface area contributed by atoms with Crippen molar-refractivity contribution in [1.82, 2.24) is 10.4 Å². The third-order valence-electron chi connectivity index (χ3n) is 0.498. The number of nitrogens with zero attached hydrogens (tertiary/aromatic N) is 2. The number of thiocarbonyl (C=S) groups is 1. The van der Waals surface area contributed by atoms with E-state index < -0.39 is 0 Å². The molecule has 0 aromatic carbocycles. The van der Waals surface area contributed by atoms with Crippen LogP contribution in [0.1, 0.15) is 5.69 Å². The van der Waals surface area contributed by atoms with Gasteiger partial charge >= 0.3 is 0 Å². The van der Waals surface area contributed by atoms with Crippen LogP contribution in [0.3, 0.4) is 0 Å². The van der Waals surface area contributed by atoms with Crippen LogP contribution in [-0.2, 0) is 0 Å². The molecule has 1 aromatic heterocycles. The number of hydrogen-bond acceptors (Lipinski definition) is 4. The molecule has 1 rings (SSSR count). The Morgan fingerprint density at radius 1 is 1.86 bits per heavy atom. The first-order chi connectivity index (χ1) is 3.43. The predicted molar refractivity (Wildman–Crippen MR) is 27.1 cm³/mol. The van der Waals surface area contributed by atoms with Crippen LogP contribution in [0.25, 0.3) is 0 Å². The SMILES string of the molecule is S=Cc1conn1. The minimum atomic E-state index is 0.593. The summed E-state index contributed by atoms with van der Waals surface area (Å²) < 4.78 is 4.35. The molecular weight excluding hydrogens is 112 g/mol. The van der Waals surface area contributed by atoms with E-state index in [0.29, 0.717) is 5.69 Å². The van der Waals surface area contributed by atoms with Gasteiger partial charge in [-0.15, -0.1) is 5.10 Å². The first-order valence-electron chi connectivity index (χ1n) is 1.65. The lowest BCUT2D eigenvalue weighted by Crippen LogP contribution is -1.73. The third kappa shape index (κ3) is 0.806. The average Bonchev–Trinajstić information content (AvgIpc) is 2.14. The second-order valence-electron chi connectivity index (χ2n) is 0.948. The standard InChI is InChI=1S/C3H2N2OS/c7-2-3-1-6-5-4-3/h1-2H. The van der Waals surface area contributed by atoms with Crippen molar-refractivity contribution >= 4 is 17.6 Å². The van der Waals surface area contributed by atoms with Crippen LogP contribution in [0.5, 0.6) is 0 Å². The molecule has 0 fully saturated rings. The Hall–Kier alpha value is -0.770. The summed E-state index contributed by atoms with van der Waals surface area (Å²) in [5.74, 6) is 0. The van der Waals surface area contributed by atoms with Crippen molar-refractivity contribution in [1.29, 1.82) is 0 Å². The van der Waals surface area contributed by atoms with Gasteiger partial charge in [-0.1, -0.05) is 12.2 Å². The second kappa shape index (κ2) is 1.79. The monoisotopic (exact) mass is 114 g/mol. The molecule has 0 saturated carbocycles. The summed E-state index contributed by atoms with van der Waals surface area (Å²) in [6.07, 6.45) is 1.38. The molecule has 3 nitrogen and oxygen atoms in total. The van der Waals surface area contributed by atoms with E-state index in [1.165, 1.54) is 11.6 Å². The zero-order valence-electron chi connectivity index (χ0n) is 3.37. The second-order valence-corrected chi connectivity index (χ2v) is 1.18. The molecule has 0 unspecified atom stereocenters. The lowest BCUT2D eigenvalue weighted by molar-refractivity contribution is 0.393. The van der Waals surface area contributed by atoms with Crippen molar-refractivity contribution in [2.75, 3.05) is 0 Å². The van der Waals surface area contributed by atoms with Gasteiger partial charge in [0.1, 0.15) is 5.69 Å². The highest BCUT2D eigenvalue weighted by Crippen LogP contribution is 1.82. The maximum atomic E-state index is 4.48. The molecule has 0 amide bonds. The molecule has 0 aliphatic rings. The van der Waals surface area contributed by atoms with Gasteiger partial charge in [0.25, 0.3) is 0 Å². The van der Waals surface area contributed by atoms with Crippen molar-refractivity contribution < 1.29 is 4.52 Å². The minimum absolute atomic E-state index is 0.593. The van der Waals surface area contributed by atoms with Gasteiger partial charge in [0, 0.05) is 10.6 Å². The molecule has 0 spiro atoms. The van der Waals surface area contributed by atoms with E-state index in [0.717, 1.165) is 0 Å². The zero-order chi connectivity index (χ0) is 5.11. The summed E-state index contributed by atoms with van der Waals surface area (Å²) >= 11 is 4.48. The topological polar surface area (TPSA) is 38.9 Å². The van der Waals surface area contributed by atoms with E-state index in [9.17, 15) is 0 Å². The van der Waals surface area contributed by atoms with Gasteiger partial charge in [0.05, 0.1) is 0 Å². The predicted octanol–water partition coefficient (Wildman–Crippen LogP) is 0.417. The summed E-state index contributed by atoms with van der Waals surface area (Å²) in [7, 11) is 0. The summed E-state index contributed by atoms with van der Waals surface area (Å²) in [5, 5.41) is 8.03. The molecule has 0 radical (unpaired) electrons. The van der Waals surface area contributed by atoms with Gasteiger partial charge in [-0.05, 0) is 0 Å². The van der Waals surface area contributed by atoms with Crippen LogP contribution in [0.2, 0.25) is 0 Å². The van der Waals surface area contributed by atoms with Gasteiger partial charge in [-0.25, -0.2) is 0 Å². The number of rotatable bonds is 1. The zero-order valence-corrected chi connectivity index (χ0v) is 4.18. The minimum Gasteiger partial charge on any atom is -0.345 e. The smallest absolute Gasteiger partial charge is 0.152 e. The maximum Gasteiger partial charge on any atom is 0.152 e. The van der Waals surface area contributed by atoms with E-state index in [-0.39, 0.29) is 0 Å². The van der Waals surface area contributed by atoms with Gasteiger partial charge < -0.3 is 4.52 Å². The van der Waals surface area contributed by atoms with Gasteiger partial charge in [-0.2, -0.15) is 0 Å². The van der Waals surface area contributed by atoms with Crippen molar-refractivity contribution in [3.63, 3.8) is 0 Å². The summed E-state index contributed by atoms with van der Waals surface area (Å²) in [5.41, 5.74) is 0.593. The van der Waals surface area contributed by atoms with Crippen LogP contribution < -0.4 is 0 Å². The normalized spacial score (nSPS) is 8.57. The van der Waals surface area contributed by atoms with E-state index in [2.05, 4.69) is 27.1 Å². The molecule has 0 aliphatic heterocycles. The van der Waals surface area contributed by atoms with Gasteiger partial charge in [-0.3, -0.25) is 0 Å². The molecule has 0 N–H and O–H groups in total. The Balaban J connectivity index is 2.96. The number of aromatic nitrogens is 2. The van der Waals surface area contributed by atoms with Crippen molar-refractivity contribution in [3.8, 4) is 0 Å². The van der Waals surface area contributed by atoms with Crippen LogP contribution in [0.4, 0.5) is 0 Å². The first kappa shape index (κ1) is 4.39. The molecule has 1 aromatic rings. The Kier molecular flexibility index (Phi) is 1.12. The van der Waals surface area contributed by atoms with Crippen molar-refractivity contribution in [2.45, 2.75) is 0 Å². The first-order valence-corrected chi connectivity index (χ1v) is 2.13. The largest absolute Gasteiger partial charge is 0.345 e. The van der Waals surface area contributed by atoms with Crippen LogP contribution in [0.15, 0.2) is 10.8 Å². The fourth-order valence-electron chi connectivity index (χ4n) is 0.223. The molecule has 7 heavy (non-hydrogen) atoms. The van der Waals surface area contributed by atoms with Crippen molar-refractivity contribution in [2.24, 2.45) is 0 Å². The average molecular weight is 114 g/mol. The Bertz CT molecular complexity index is 148. The molecule has 36 valence electrons.